The van der Waals surface area contributed by atoms with Gasteiger partial charge in [0.2, 0.25) is 5.91 Å². The second kappa shape index (κ2) is 12.0. The number of amides is 1. The van der Waals surface area contributed by atoms with E-state index in [2.05, 4.69) is 104 Å². The van der Waals surface area contributed by atoms with Crippen LogP contribution in [0.4, 0.5) is 0 Å². The summed E-state index contributed by atoms with van der Waals surface area (Å²) in [6, 6.07) is 32.0. The zero-order chi connectivity index (χ0) is 23.8. The van der Waals surface area contributed by atoms with Gasteiger partial charge in [0.05, 0.1) is 0 Å². The van der Waals surface area contributed by atoms with Gasteiger partial charge >= 0.3 is 0 Å². The number of likely N-dealkylation sites (tertiary alicyclic amines) is 1. The van der Waals surface area contributed by atoms with Crippen LogP contribution in [0, 0.1) is 5.92 Å². The van der Waals surface area contributed by atoms with Gasteiger partial charge in [0, 0.05) is 40.5 Å². The van der Waals surface area contributed by atoms with Crippen molar-refractivity contribution in [2.45, 2.75) is 55.5 Å². The first-order chi connectivity index (χ1) is 16.5. The Morgan fingerprint density at radius 2 is 1.32 bits per heavy atom. The first kappa shape index (κ1) is 24.9. The number of hydrogen-bond acceptors (Lipinski definition) is 3. The molecular formula is C30H35NOS2. The minimum Gasteiger partial charge on any atom is -0.335 e. The fraction of sp³-hybridized carbons (Fsp3) is 0.367. The number of benzene rings is 3. The van der Waals surface area contributed by atoms with Gasteiger partial charge in [0.25, 0.3) is 0 Å². The molecular weight excluding hydrogens is 454 g/mol. The topological polar surface area (TPSA) is 20.3 Å². The van der Waals surface area contributed by atoms with Gasteiger partial charge in [-0.3, -0.25) is 4.79 Å². The molecule has 4 rings (SSSR count). The minimum atomic E-state index is 0.0990. The highest BCUT2D eigenvalue weighted by molar-refractivity contribution is 7.99. The van der Waals surface area contributed by atoms with E-state index in [4.69, 9.17) is 0 Å². The Morgan fingerprint density at radius 3 is 1.91 bits per heavy atom. The average Bonchev–Trinajstić information content (AvgIpc) is 3.13. The molecule has 1 saturated heterocycles. The van der Waals surface area contributed by atoms with Crippen LogP contribution in [-0.2, 0) is 22.8 Å². The summed E-state index contributed by atoms with van der Waals surface area (Å²) < 4.78 is 0.0990. The van der Waals surface area contributed by atoms with Crippen LogP contribution in [0.1, 0.15) is 43.4 Å². The lowest BCUT2D eigenvalue weighted by atomic mass is 9.98. The average molecular weight is 490 g/mol. The van der Waals surface area contributed by atoms with E-state index in [1.54, 1.807) is 0 Å². The van der Waals surface area contributed by atoms with Crippen LogP contribution in [-0.4, -0.2) is 27.3 Å². The van der Waals surface area contributed by atoms with Crippen molar-refractivity contribution in [3.8, 4) is 0 Å². The second-order valence-electron chi connectivity index (χ2n) is 9.78. The van der Waals surface area contributed by atoms with Gasteiger partial charge in [0.15, 0.2) is 0 Å². The highest BCUT2D eigenvalue weighted by atomic mass is 32.2. The summed E-state index contributed by atoms with van der Waals surface area (Å²) >= 11 is 3.89. The lowest BCUT2D eigenvalue weighted by molar-refractivity contribution is -0.132. The first-order valence-corrected chi connectivity index (χ1v) is 14.3. The van der Waals surface area contributed by atoms with Gasteiger partial charge < -0.3 is 4.90 Å². The second-order valence-corrected chi connectivity index (χ2v) is 12.5. The number of nitrogens with zero attached hydrogens (tertiary/aromatic N) is 1. The van der Waals surface area contributed by atoms with E-state index in [1.807, 2.05) is 29.6 Å². The van der Waals surface area contributed by atoms with Crippen molar-refractivity contribution >= 4 is 29.4 Å². The summed E-state index contributed by atoms with van der Waals surface area (Å²) in [4.78, 5) is 15.7. The summed E-state index contributed by atoms with van der Waals surface area (Å²) in [7, 11) is 0. The molecule has 1 aliphatic rings. The summed E-state index contributed by atoms with van der Waals surface area (Å²) in [6.45, 7) is 5.39. The lowest BCUT2D eigenvalue weighted by Crippen LogP contribution is -2.37. The molecule has 0 aromatic heterocycles. The molecule has 0 spiro atoms. The van der Waals surface area contributed by atoms with Gasteiger partial charge in [-0.15, -0.1) is 0 Å². The van der Waals surface area contributed by atoms with Crippen LogP contribution < -0.4 is 0 Å². The molecule has 34 heavy (non-hydrogen) atoms. The number of rotatable bonds is 11. The molecule has 2 atom stereocenters. The summed E-state index contributed by atoms with van der Waals surface area (Å²) in [5, 5.41) is 0. The van der Waals surface area contributed by atoms with Crippen LogP contribution in [0.3, 0.4) is 0 Å². The van der Waals surface area contributed by atoms with E-state index in [-0.39, 0.29) is 16.7 Å². The van der Waals surface area contributed by atoms with Gasteiger partial charge in [-0.2, -0.15) is 23.5 Å². The van der Waals surface area contributed by atoms with Crippen LogP contribution in [0.5, 0.6) is 0 Å². The minimum absolute atomic E-state index is 0.0990. The van der Waals surface area contributed by atoms with Crippen molar-refractivity contribution in [1.82, 2.24) is 4.90 Å². The molecule has 1 heterocycles. The molecule has 3 aromatic carbocycles. The van der Waals surface area contributed by atoms with Crippen molar-refractivity contribution in [3.05, 3.63) is 108 Å². The lowest BCUT2D eigenvalue weighted by Gasteiger charge is -2.32. The Hall–Kier alpha value is -2.17. The standard InChI is InChI=1S/C30H35NOS2/c1-30(2,34-22-26-16-10-5-11-17-26)19-28-18-27(23-33-21-25-14-8-4-9-15-25)29(32)31(28)20-24-12-6-3-7-13-24/h3-17,27-28H,18-23H2,1-2H3/t27-,28-/m1/s1. The maximum Gasteiger partial charge on any atom is 0.227 e. The largest absolute Gasteiger partial charge is 0.335 e. The van der Waals surface area contributed by atoms with Crippen molar-refractivity contribution in [2.75, 3.05) is 5.75 Å². The molecule has 0 N–H and O–H groups in total. The highest BCUT2D eigenvalue weighted by Gasteiger charge is 2.41. The Kier molecular flexibility index (Phi) is 8.80. The van der Waals surface area contributed by atoms with Crippen LogP contribution in [0.2, 0.25) is 0 Å². The van der Waals surface area contributed by atoms with Crippen molar-refractivity contribution in [1.29, 1.82) is 0 Å². The third-order valence-electron chi connectivity index (χ3n) is 6.46. The number of carbonyl (C=O) groups is 1. The predicted molar refractivity (Wildman–Crippen MR) is 148 cm³/mol. The third kappa shape index (κ3) is 7.16. The van der Waals surface area contributed by atoms with E-state index in [9.17, 15) is 4.79 Å². The van der Waals surface area contributed by atoms with E-state index in [1.165, 1.54) is 16.7 Å². The molecule has 178 valence electrons. The number of thioether (sulfide) groups is 2. The van der Waals surface area contributed by atoms with Gasteiger partial charge in [0.1, 0.15) is 0 Å². The molecule has 4 heteroatoms. The Balaban J connectivity index is 1.40. The molecule has 1 aliphatic heterocycles. The van der Waals surface area contributed by atoms with Crippen molar-refractivity contribution in [2.24, 2.45) is 5.92 Å². The fourth-order valence-electron chi connectivity index (χ4n) is 4.66. The SMILES string of the molecule is CC(C)(C[C@H]1C[C@H](CSCc2ccccc2)C(=O)N1Cc1ccccc1)SCc1ccccc1. The zero-order valence-corrected chi connectivity index (χ0v) is 21.9. The molecule has 3 aromatic rings. The maximum absolute atomic E-state index is 13.5. The first-order valence-electron chi connectivity index (χ1n) is 12.1. The Bertz CT molecular complexity index is 1020. The van der Waals surface area contributed by atoms with Crippen LogP contribution in [0.15, 0.2) is 91.0 Å². The molecule has 1 amide bonds. The number of hydrogen-bond donors (Lipinski definition) is 0. The molecule has 0 unspecified atom stereocenters. The molecule has 0 aliphatic carbocycles. The van der Waals surface area contributed by atoms with E-state index in [0.29, 0.717) is 12.5 Å². The molecule has 2 nitrogen and oxygen atoms in total. The Labute approximate surface area is 213 Å². The molecule has 0 radical (unpaired) electrons. The van der Waals surface area contributed by atoms with Crippen LogP contribution in [0.25, 0.3) is 0 Å². The number of carbonyl (C=O) groups excluding carboxylic acids is 1. The maximum atomic E-state index is 13.5. The van der Waals surface area contributed by atoms with Crippen molar-refractivity contribution < 1.29 is 4.79 Å². The summed E-state index contributed by atoms with van der Waals surface area (Å²) in [5.41, 5.74) is 3.90. The highest BCUT2D eigenvalue weighted by Crippen LogP contribution is 2.39. The van der Waals surface area contributed by atoms with E-state index >= 15 is 0 Å². The summed E-state index contributed by atoms with van der Waals surface area (Å²) in [5.74, 6) is 3.30. The van der Waals surface area contributed by atoms with E-state index < -0.39 is 0 Å². The molecule has 0 saturated carbocycles. The molecule has 1 fully saturated rings. The smallest absolute Gasteiger partial charge is 0.227 e. The van der Waals surface area contributed by atoms with Gasteiger partial charge in [-0.05, 0) is 29.5 Å². The molecule has 0 bridgehead atoms. The quantitative estimate of drug-likeness (QED) is 0.279. The van der Waals surface area contributed by atoms with Crippen molar-refractivity contribution in [3.63, 3.8) is 0 Å². The monoisotopic (exact) mass is 489 g/mol. The normalized spacial score (nSPS) is 18.4. The Morgan fingerprint density at radius 1 is 0.794 bits per heavy atom. The van der Waals surface area contributed by atoms with E-state index in [0.717, 1.165) is 30.1 Å². The predicted octanol–water partition coefficient (Wildman–Crippen LogP) is 7.44. The third-order valence-corrected chi connectivity index (χ3v) is 9.06. The van der Waals surface area contributed by atoms with Gasteiger partial charge in [-0.1, -0.05) is 105 Å². The fourth-order valence-corrected chi connectivity index (χ4v) is 6.83. The van der Waals surface area contributed by atoms with Crippen LogP contribution >= 0.6 is 23.5 Å². The van der Waals surface area contributed by atoms with Gasteiger partial charge in [-0.25, -0.2) is 0 Å². The zero-order valence-electron chi connectivity index (χ0n) is 20.2. The summed E-state index contributed by atoms with van der Waals surface area (Å²) in [6.07, 6.45) is 1.98.